The molecule has 21 heavy (non-hydrogen) atoms. The molecule has 2 fully saturated rings. The predicted octanol–water partition coefficient (Wildman–Crippen LogP) is 1.75. The number of hydrogen-bond acceptors (Lipinski definition) is 5. The van der Waals surface area contributed by atoms with Gasteiger partial charge < -0.3 is 19.5 Å². The molecule has 1 saturated heterocycles. The van der Waals surface area contributed by atoms with Crippen molar-refractivity contribution in [1.82, 2.24) is 4.90 Å². The molecule has 0 aromatic carbocycles. The molecule has 0 bridgehead atoms. The van der Waals surface area contributed by atoms with E-state index in [0.29, 0.717) is 48.6 Å². The summed E-state index contributed by atoms with van der Waals surface area (Å²) in [5.74, 6) is 1.68. The number of fused-ring (bicyclic) bond motifs is 1. The molecule has 5 nitrogen and oxygen atoms in total. The second-order valence-electron chi connectivity index (χ2n) is 6.31. The molecular weight excluding hydrogens is 290 g/mol. The van der Waals surface area contributed by atoms with Crippen molar-refractivity contribution in [3.8, 4) is 11.5 Å². The first-order valence-corrected chi connectivity index (χ1v) is 8.36. The summed E-state index contributed by atoms with van der Waals surface area (Å²) in [6.07, 6.45) is 2.16. The quantitative estimate of drug-likeness (QED) is 0.904. The van der Waals surface area contributed by atoms with Gasteiger partial charge in [0.05, 0.1) is 12.1 Å². The molecule has 3 heterocycles. The van der Waals surface area contributed by atoms with Crippen LogP contribution in [0.15, 0.2) is 5.38 Å². The standard InChI is InChI=1S/C15H19NO4S/c1-9-6-16(8-15(9,18)10-2-3-10)14(17)13-12-11(7-21-13)19-4-5-20-12/h7,9-10,18H,2-6,8H2,1H3. The van der Waals surface area contributed by atoms with Gasteiger partial charge in [-0.3, -0.25) is 4.79 Å². The zero-order chi connectivity index (χ0) is 14.6. The van der Waals surface area contributed by atoms with Gasteiger partial charge in [0, 0.05) is 17.8 Å². The summed E-state index contributed by atoms with van der Waals surface area (Å²) >= 11 is 1.36. The van der Waals surface area contributed by atoms with Crippen LogP contribution in [0.5, 0.6) is 11.5 Å². The van der Waals surface area contributed by atoms with Gasteiger partial charge in [-0.2, -0.15) is 0 Å². The molecule has 6 heteroatoms. The number of β-amino-alcohol motifs (C(OH)–C–C–N with tert-alkyl or cyclic N) is 1. The number of ether oxygens (including phenoxy) is 2. The van der Waals surface area contributed by atoms with E-state index in [-0.39, 0.29) is 11.8 Å². The molecule has 1 aliphatic carbocycles. The van der Waals surface area contributed by atoms with E-state index in [1.165, 1.54) is 11.3 Å². The Morgan fingerprint density at radius 3 is 2.95 bits per heavy atom. The smallest absolute Gasteiger partial charge is 0.268 e. The number of carbonyl (C=O) groups excluding carboxylic acids is 1. The minimum absolute atomic E-state index is 0.0461. The molecule has 0 radical (unpaired) electrons. The van der Waals surface area contributed by atoms with E-state index in [2.05, 4.69) is 0 Å². The summed E-state index contributed by atoms with van der Waals surface area (Å²) < 4.78 is 11.1. The van der Waals surface area contributed by atoms with Crippen LogP contribution in [-0.2, 0) is 0 Å². The summed E-state index contributed by atoms with van der Waals surface area (Å²) in [5.41, 5.74) is -0.704. The highest BCUT2D eigenvalue weighted by Crippen LogP contribution is 2.48. The van der Waals surface area contributed by atoms with E-state index in [0.717, 1.165) is 12.8 Å². The molecule has 2 atom stereocenters. The van der Waals surface area contributed by atoms with Crippen LogP contribution in [0, 0.1) is 11.8 Å². The van der Waals surface area contributed by atoms with Crippen molar-refractivity contribution >= 4 is 17.2 Å². The molecule has 1 amide bonds. The average molecular weight is 309 g/mol. The highest BCUT2D eigenvalue weighted by molar-refractivity contribution is 7.12. The zero-order valence-corrected chi connectivity index (χ0v) is 12.8. The second-order valence-corrected chi connectivity index (χ2v) is 7.19. The van der Waals surface area contributed by atoms with E-state index in [4.69, 9.17) is 9.47 Å². The Morgan fingerprint density at radius 1 is 1.43 bits per heavy atom. The highest BCUT2D eigenvalue weighted by Gasteiger charge is 2.53. The first kappa shape index (κ1) is 13.4. The number of amides is 1. The third kappa shape index (κ3) is 2.04. The van der Waals surface area contributed by atoms with Crippen LogP contribution in [0.3, 0.4) is 0 Å². The lowest BCUT2D eigenvalue weighted by Crippen LogP contribution is -2.40. The van der Waals surface area contributed by atoms with Crippen molar-refractivity contribution in [2.75, 3.05) is 26.3 Å². The Hall–Kier alpha value is -1.27. The lowest BCUT2D eigenvalue weighted by molar-refractivity contribution is -0.00364. The van der Waals surface area contributed by atoms with Crippen molar-refractivity contribution < 1.29 is 19.4 Å². The number of aliphatic hydroxyl groups is 1. The number of likely N-dealkylation sites (tertiary alicyclic amines) is 1. The van der Waals surface area contributed by atoms with Gasteiger partial charge in [-0.1, -0.05) is 6.92 Å². The Labute approximate surface area is 127 Å². The number of carbonyl (C=O) groups is 1. The second kappa shape index (κ2) is 4.61. The van der Waals surface area contributed by atoms with E-state index in [9.17, 15) is 9.90 Å². The normalized spacial score (nSPS) is 31.5. The van der Waals surface area contributed by atoms with Crippen molar-refractivity contribution in [1.29, 1.82) is 0 Å². The molecule has 4 rings (SSSR count). The molecule has 114 valence electrons. The van der Waals surface area contributed by atoms with Gasteiger partial charge in [-0.25, -0.2) is 0 Å². The molecule has 1 aromatic heterocycles. The van der Waals surface area contributed by atoms with Crippen molar-refractivity contribution in [3.63, 3.8) is 0 Å². The topological polar surface area (TPSA) is 59.0 Å². The maximum Gasteiger partial charge on any atom is 0.268 e. The lowest BCUT2D eigenvalue weighted by atomic mass is 9.88. The number of rotatable bonds is 2. The van der Waals surface area contributed by atoms with Gasteiger partial charge in [0.1, 0.15) is 18.1 Å². The number of thiophene rings is 1. The maximum atomic E-state index is 12.7. The predicted molar refractivity (Wildman–Crippen MR) is 78.1 cm³/mol. The average Bonchev–Trinajstić information content (AvgIpc) is 3.19. The first-order chi connectivity index (χ1) is 10.1. The summed E-state index contributed by atoms with van der Waals surface area (Å²) in [6.45, 7) is 4.09. The van der Waals surface area contributed by atoms with E-state index in [1.807, 2.05) is 12.3 Å². The molecule has 2 aliphatic heterocycles. The molecule has 3 aliphatic rings. The molecule has 1 aromatic rings. The van der Waals surface area contributed by atoms with Crippen LogP contribution in [-0.4, -0.2) is 47.8 Å². The van der Waals surface area contributed by atoms with Crippen molar-refractivity contribution in [2.24, 2.45) is 11.8 Å². The molecular formula is C15H19NO4S. The van der Waals surface area contributed by atoms with Crippen LogP contribution in [0.1, 0.15) is 29.4 Å². The third-order valence-electron chi connectivity index (χ3n) is 4.86. The van der Waals surface area contributed by atoms with E-state index >= 15 is 0 Å². The van der Waals surface area contributed by atoms with Gasteiger partial charge in [0.25, 0.3) is 5.91 Å². The van der Waals surface area contributed by atoms with Crippen molar-refractivity contribution in [2.45, 2.75) is 25.4 Å². The Balaban J connectivity index is 1.57. The van der Waals surface area contributed by atoms with E-state index in [1.54, 1.807) is 4.90 Å². The van der Waals surface area contributed by atoms with Gasteiger partial charge in [0.15, 0.2) is 11.5 Å². The van der Waals surface area contributed by atoms with Crippen LogP contribution in [0.2, 0.25) is 0 Å². The number of hydrogen-bond donors (Lipinski definition) is 1. The van der Waals surface area contributed by atoms with Gasteiger partial charge >= 0.3 is 0 Å². The van der Waals surface area contributed by atoms with Crippen molar-refractivity contribution in [3.05, 3.63) is 10.3 Å². The van der Waals surface area contributed by atoms with E-state index < -0.39 is 5.60 Å². The van der Waals surface area contributed by atoms with Gasteiger partial charge in [-0.15, -0.1) is 11.3 Å². The molecule has 1 N–H and O–H groups in total. The summed E-state index contributed by atoms with van der Waals surface area (Å²) in [5, 5.41) is 12.6. The van der Waals surface area contributed by atoms with Crippen LogP contribution >= 0.6 is 11.3 Å². The number of nitrogens with zero attached hydrogens (tertiary/aromatic N) is 1. The van der Waals surface area contributed by atoms with Gasteiger partial charge in [-0.05, 0) is 18.8 Å². The van der Waals surface area contributed by atoms with Crippen LogP contribution in [0.4, 0.5) is 0 Å². The molecule has 1 saturated carbocycles. The summed E-state index contributed by atoms with van der Waals surface area (Å²) in [7, 11) is 0. The maximum absolute atomic E-state index is 12.7. The Kier molecular flexibility index (Phi) is 2.94. The van der Waals surface area contributed by atoms with Crippen LogP contribution < -0.4 is 9.47 Å². The molecule has 2 unspecified atom stereocenters. The minimum atomic E-state index is -0.704. The fraction of sp³-hybridized carbons (Fsp3) is 0.667. The highest BCUT2D eigenvalue weighted by atomic mass is 32.1. The Bertz CT molecular complexity index is 582. The van der Waals surface area contributed by atoms with Crippen LogP contribution in [0.25, 0.3) is 0 Å². The summed E-state index contributed by atoms with van der Waals surface area (Å²) in [4.78, 5) is 15.1. The fourth-order valence-corrected chi connectivity index (χ4v) is 4.33. The monoisotopic (exact) mass is 309 g/mol. The van der Waals surface area contributed by atoms with Gasteiger partial charge in [0.2, 0.25) is 0 Å². The first-order valence-electron chi connectivity index (χ1n) is 7.48. The largest absolute Gasteiger partial charge is 0.485 e. The Morgan fingerprint density at radius 2 is 2.19 bits per heavy atom. The fourth-order valence-electron chi connectivity index (χ4n) is 3.44. The molecule has 0 spiro atoms. The lowest BCUT2D eigenvalue weighted by Gasteiger charge is -2.26. The third-order valence-corrected chi connectivity index (χ3v) is 5.79. The summed E-state index contributed by atoms with van der Waals surface area (Å²) in [6, 6.07) is 0. The zero-order valence-electron chi connectivity index (χ0n) is 12.0. The SMILES string of the molecule is CC1CN(C(=O)c2scc3c2OCCO3)CC1(O)C1CC1. The minimum Gasteiger partial charge on any atom is -0.485 e.